The van der Waals surface area contributed by atoms with E-state index in [1.54, 1.807) is 25.3 Å². The third kappa shape index (κ3) is 5.92. The van der Waals surface area contributed by atoms with Crippen molar-refractivity contribution in [1.82, 2.24) is 4.90 Å². The maximum atomic E-state index is 12.7. The first kappa shape index (κ1) is 23.7. The highest BCUT2D eigenvalue weighted by atomic mass is 35.5. The van der Waals surface area contributed by atoms with Crippen LogP contribution < -0.4 is 14.2 Å². The third-order valence-corrected chi connectivity index (χ3v) is 6.17. The van der Waals surface area contributed by atoms with E-state index in [2.05, 4.69) is 0 Å². The fourth-order valence-electron chi connectivity index (χ4n) is 3.24. The Morgan fingerprint density at radius 2 is 1.62 bits per heavy atom. The number of methoxy groups -OCH3 is 1. The van der Waals surface area contributed by atoms with Gasteiger partial charge < -0.3 is 14.2 Å². The smallest absolute Gasteiger partial charge is 0.293 e. The lowest BCUT2D eigenvalue weighted by Gasteiger charge is -2.14. The lowest BCUT2D eigenvalue weighted by atomic mass is 10.2. The molecule has 0 saturated carbocycles. The maximum Gasteiger partial charge on any atom is 0.293 e. The van der Waals surface area contributed by atoms with E-state index in [1.807, 2.05) is 60.7 Å². The highest BCUT2D eigenvalue weighted by Gasteiger charge is 2.34. The molecule has 0 atom stereocenters. The number of para-hydroxylation sites is 2. The number of carbonyl (C=O) groups is 2. The summed E-state index contributed by atoms with van der Waals surface area (Å²) in [4.78, 5) is 26.7. The molecular formula is C26H22ClNO5S. The van der Waals surface area contributed by atoms with Crippen molar-refractivity contribution in [2.45, 2.75) is 6.61 Å². The van der Waals surface area contributed by atoms with Gasteiger partial charge in [0.25, 0.3) is 11.1 Å². The van der Waals surface area contributed by atoms with Gasteiger partial charge in [-0.2, -0.15) is 0 Å². The van der Waals surface area contributed by atoms with Crippen LogP contribution in [0.4, 0.5) is 4.79 Å². The number of hydrogen-bond donors (Lipinski definition) is 0. The number of imide groups is 1. The van der Waals surface area contributed by atoms with Crippen molar-refractivity contribution in [3.8, 4) is 17.2 Å². The van der Waals surface area contributed by atoms with Gasteiger partial charge in [-0.15, -0.1) is 0 Å². The number of halogens is 1. The number of amides is 2. The molecule has 4 rings (SSSR count). The second kappa shape index (κ2) is 11.1. The number of ether oxygens (including phenoxy) is 3. The van der Waals surface area contributed by atoms with Crippen molar-refractivity contribution in [3.05, 3.63) is 93.9 Å². The summed E-state index contributed by atoms with van der Waals surface area (Å²) in [5.74, 6) is 1.53. The molecule has 0 spiro atoms. The monoisotopic (exact) mass is 495 g/mol. The molecule has 1 aliphatic heterocycles. The minimum absolute atomic E-state index is 0.150. The molecule has 0 bridgehead atoms. The van der Waals surface area contributed by atoms with Crippen LogP contribution in [0.5, 0.6) is 17.2 Å². The van der Waals surface area contributed by atoms with Crippen LogP contribution in [0.3, 0.4) is 0 Å². The van der Waals surface area contributed by atoms with Gasteiger partial charge >= 0.3 is 0 Å². The first-order valence-corrected chi connectivity index (χ1v) is 11.7. The van der Waals surface area contributed by atoms with Crippen LogP contribution in [-0.4, -0.2) is 36.3 Å². The Morgan fingerprint density at radius 1 is 0.912 bits per heavy atom. The summed E-state index contributed by atoms with van der Waals surface area (Å²) in [7, 11) is 1.56. The molecule has 3 aromatic rings. The number of benzene rings is 3. The molecule has 6 nitrogen and oxygen atoms in total. The Hall–Kier alpha value is -3.42. The molecule has 0 radical (unpaired) electrons. The molecule has 3 aromatic carbocycles. The molecule has 0 aromatic heterocycles. The average molecular weight is 496 g/mol. The normalized spacial score (nSPS) is 14.5. The lowest BCUT2D eigenvalue weighted by molar-refractivity contribution is -0.123. The SMILES string of the molecule is COc1ccccc1OCCN1C(=O)S/C(=C\c2ccc(OCc3ccc(Cl)cc3)cc2)C1=O. The van der Waals surface area contributed by atoms with Gasteiger partial charge in [-0.25, -0.2) is 0 Å². The van der Waals surface area contributed by atoms with E-state index in [-0.39, 0.29) is 24.3 Å². The largest absolute Gasteiger partial charge is 0.493 e. The Bertz CT molecular complexity index is 1190. The molecule has 1 aliphatic rings. The summed E-state index contributed by atoms with van der Waals surface area (Å²) in [6, 6.07) is 22.0. The quantitative estimate of drug-likeness (QED) is 0.337. The number of rotatable bonds is 9. The van der Waals surface area contributed by atoms with Gasteiger partial charge in [0, 0.05) is 5.02 Å². The fourth-order valence-corrected chi connectivity index (χ4v) is 4.23. The standard InChI is InChI=1S/C26H22ClNO5S/c1-31-22-4-2-3-5-23(22)32-15-14-28-25(29)24(34-26(28)30)16-18-8-12-21(13-9-18)33-17-19-6-10-20(27)11-7-19/h2-13,16H,14-15,17H2,1H3/b24-16-. The van der Waals surface area contributed by atoms with E-state index < -0.39 is 0 Å². The first-order valence-electron chi connectivity index (χ1n) is 10.5. The summed E-state index contributed by atoms with van der Waals surface area (Å²) in [5, 5.41) is 0.365. The van der Waals surface area contributed by atoms with E-state index in [0.717, 1.165) is 22.9 Å². The molecule has 1 fully saturated rings. The van der Waals surface area contributed by atoms with Crippen LogP contribution in [0.1, 0.15) is 11.1 Å². The van der Waals surface area contributed by atoms with Gasteiger partial charge in [0.1, 0.15) is 19.0 Å². The Morgan fingerprint density at radius 3 is 2.32 bits per heavy atom. The lowest BCUT2D eigenvalue weighted by Crippen LogP contribution is -2.32. The number of hydrogen-bond acceptors (Lipinski definition) is 6. The van der Waals surface area contributed by atoms with Gasteiger partial charge in [-0.05, 0) is 65.4 Å². The fraction of sp³-hybridized carbons (Fsp3) is 0.154. The first-order chi connectivity index (χ1) is 16.5. The molecule has 2 amide bonds. The van der Waals surface area contributed by atoms with Gasteiger partial charge in [0.15, 0.2) is 11.5 Å². The summed E-state index contributed by atoms with van der Waals surface area (Å²) in [6.07, 6.45) is 1.70. The molecule has 1 saturated heterocycles. The van der Waals surface area contributed by atoms with Crippen molar-refractivity contribution < 1.29 is 23.8 Å². The van der Waals surface area contributed by atoms with Crippen LogP contribution in [0.25, 0.3) is 6.08 Å². The van der Waals surface area contributed by atoms with Crippen LogP contribution in [0, 0.1) is 0 Å². The van der Waals surface area contributed by atoms with E-state index in [4.69, 9.17) is 25.8 Å². The van der Waals surface area contributed by atoms with Gasteiger partial charge in [0.2, 0.25) is 0 Å². The highest BCUT2D eigenvalue weighted by Crippen LogP contribution is 2.32. The maximum absolute atomic E-state index is 12.7. The predicted molar refractivity (Wildman–Crippen MR) is 133 cm³/mol. The molecule has 8 heteroatoms. The van der Waals surface area contributed by atoms with Crippen LogP contribution in [0.15, 0.2) is 77.7 Å². The van der Waals surface area contributed by atoms with Crippen molar-refractivity contribution >= 4 is 40.6 Å². The molecule has 174 valence electrons. The van der Waals surface area contributed by atoms with Crippen molar-refractivity contribution in [1.29, 1.82) is 0 Å². The third-order valence-electron chi connectivity index (χ3n) is 5.01. The molecule has 34 heavy (non-hydrogen) atoms. The van der Waals surface area contributed by atoms with E-state index in [0.29, 0.717) is 33.8 Å². The van der Waals surface area contributed by atoms with E-state index in [1.165, 1.54) is 4.90 Å². The minimum atomic E-state index is -0.332. The molecule has 0 unspecified atom stereocenters. The predicted octanol–water partition coefficient (Wildman–Crippen LogP) is 6.04. The van der Waals surface area contributed by atoms with Crippen molar-refractivity contribution in [2.24, 2.45) is 0 Å². The second-order valence-electron chi connectivity index (χ2n) is 7.32. The molecule has 0 aliphatic carbocycles. The van der Waals surface area contributed by atoms with Crippen LogP contribution in [-0.2, 0) is 11.4 Å². The Labute approximate surface area is 207 Å². The van der Waals surface area contributed by atoms with Crippen LogP contribution in [0.2, 0.25) is 5.02 Å². The zero-order valence-electron chi connectivity index (χ0n) is 18.4. The Kier molecular flexibility index (Phi) is 7.77. The summed E-state index contributed by atoms with van der Waals surface area (Å²) >= 11 is 6.82. The van der Waals surface area contributed by atoms with Crippen molar-refractivity contribution in [2.75, 3.05) is 20.3 Å². The van der Waals surface area contributed by atoms with Gasteiger partial charge in [-0.3, -0.25) is 14.5 Å². The number of thioether (sulfide) groups is 1. The number of carbonyl (C=O) groups excluding carboxylic acids is 2. The molecule has 1 heterocycles. The van der Waals surface area contributed by atoms with Crippen LogP contribution >= 0.6 is 23.4 Å². The number of nitrogens with zero attached hydrogens (tertiary/aromatic N) is 1. The molecular weight excluding hydrogens is 474 g/mol. The van der Waals surface area contributed by atoms with Crippen molar-refractivity contribution in [3.63, 3.8) is 0 Å². The topological polar surface area (TPSA) is 65.1 Å². The average Bonchev–Trinajstić information content (AvgIpc) is 3.12. The van der Waals surface area contributed by atoms with Gasteiger partial charge in [0.05, 0.1) is 18.6 Å². The zero-order valence-corrected chi connectivity index (χ0v) is 20.0. The minimum Gasteiger partial charge on any atom is -0.493 e. The zero-order chi connectivity index (χ0) is 23.9. The van der Waals surface area contributed by atoms with E-state index >= 15 is 0 Å². The Balaban J connectivity index is 1.32. The second-order valence-corrected chi connectivity index (χ2v) is 8.75. The van der Waals surface area contributed by atoms with Gasteiger partial charge in [-0.1, -0.05) is 48.0 Å². The van der Waals surface area contributed by atoms with E-state index in [9.17, 15) is 9.59 Å². The summed E-state index contributed by atoms with van der Waals surface area (Å²) in [5.41, 5.74) is 1.81. The summed E-state index contributed by atoms with van der Waals surface area (Å²) in [6.45, 7) is 0.745. The molecule has 0 N–H and O–H groups in total. The summed E-state index contributed by atoms with van der Waals surface area (Å²) < 4.78 is 16.7. The highest BCUT2D eigenvalue weighted by molar-refractivity contribution is 8.18.